The van der Waals surface area contributed by atoms with E-state index in [4.69, 9.17) is 4.74 Å². The molecular formula is C18H18N2O4. The van der Waals surface area contributed by atoms with E-state index in [-0.39, 0.29) is 12.3 Å². The van der Waals surface area contributed by atoms with E-state index in [2.05, 4.69) is 15.3 Å². The molecule has 0 radical (unpaired) electrons. The summed E-state index contributed by atoms with van der Waals surface area (Å²) in [6.45, 7) is 0. The summed E-state index contributed by atoms with van der Waals surface area (Å²) in [5, 5.41) is 3.90. The number of carbonyl (C=O) groups excluding carboxylic acids is 2. The zero-order chi connectivity index (χ0) is 17.4. The average molecular weight is 326 g/mol. The van der Waals surface area contributed by atoms with Crippen molar-refractivity contribution in [3.63, 3.8) is 0 Å². The van der Waals surface area contributed by atoms with E-state index >= 15 is 0 Å². The number of hydrogen-bond acceptors (Lipinski definition) is 5. The van der Waals surface area contributed by atoms with E-state index < -0.39 is 5.97 Å². The Hall–Kier alpha value is -3.15. The van der Waals surface area contributed by atoms with E-state index in [1.807, 2.05) is 12.1 Å². The molecule has 1 amide bonds. The van der Waals surface area contributed by atoms with Crippen LogP contribution in [0.5, 0.6) is 5.75 Å². The van der Waals surface area contributed by atoms with Crippen LogP contribution in [0.15, 0.2) is 53.6 Å². The fourth-order valence-electron chi connectivity index (χ4n) is 1.97. The van der Waals surface area contributed by atoms with Crippen LogP contribution in [0.25, 0.3) is 0 Å². The number of rotatable bonds is 6. The Kier molecular flexibility index (Phi) is 6.08. The molecule has 0 atom stereocenters. The van der Waals surface area contributed by atoms with Crippen molar-refractivity contribution in [3.05, 3.63) is 65.2 Å². The standard InChI is InChI=1S/C18H18N2O4/c1-23-16-9-5-13(6-10-16)11-17(21)20-19-12-14-3-7-15(8-4-14)18(22)24-2/h3-10,12H,11H2,1-2H3,(H,20,21)/b19-12+. The molecule has 1 N–H and O–H groups in total. The Labute approximate surface area is 140 Å². The minimum atomic E-state index is -0.397. The van der Waals surface area contributed by atoms with Crippen LogP contribution in [0, 0.1) is 0 Å². The maximum atomic E-state index is 11.8. The monoisotopic (exact) mass is 326 g/mol. The molecule has 0 fully saturated rings. The first kappa shape index (κ1) is 17.2. The lowest BCUT2D eigenvalue weighted by Crippen LogP contribution is -2.19. The molecule has 0 aliphatic carbocycles. The van der Waals surface area contributed by atoms with Gasteiger partial charge in [0.1, 0.15) is 5.75 Å². The molecule has 0 aliphatic heterocycles. The average Bonchev–Trinajstić information content (AvgIpc) is 2.62. The number of hydrazone groups is 1. The van der Waals surface area contributed by atoms with E-state index in [1.54, 1.807) is 43.5 Å². The lowest BCUT2D eigenvalue weighted by atomic mass is 10.1. The smallest absolute Gasteiger partial charge is 0.337 e. The van der Waals surface area contributed by atoms with Crippen molar-refractivity contribution in [1.82, 2.24) is 5.43 Å². The van der Waals surface area contributed by atoms with Crippen molar-refractivity contribution in [2.24, 2.45) is 5.10 Å². The largest absolute Gasteiger partial charge is 0.497 e. The third kappa shape index (κ3) is 4.95. The van der Waals surface area contributed by atoms with E-state index in [0.717, 1.165) is 16.9 Å². The molecule has 0 saturated carbocycles. The lowest BCUT2D eigenvalue weighted by molar-refractivity contribution is -0.120. The van der Waals surface area contributed by atoms with Gasteiger partial charge in [-0.25, -0.2) is 10.2 Å². The third-order valence-electron chi connectivity index (χ3n) is 3.26. The predicted octanol–water partition coefficient (Wildman–Crippen LogP) is 2.17. The Morgan fingerprint density at radius 1 is 1.04 bits per heavy atom. The molecule has 0 spiro atoms. The number of nitrogens with one attached hydrogen (secondary N) is 1. The SMILES string of the molecule is COC(=O)c1ccc(/C=N/NC(=O)Cc2ccc(OC)cc2)cc1. The molecule has 6 nitrogen and oxygen atoms in total. The molecule has 0 unspecified atom stereocenters. The molecule has 0 heterocycles. The predicted molar refractivity (Wildman–Crippen MR) is 90.2 cm³/mol. The summed E-state index contributed by atoms with van der Waals surface area (Å²) in [6.07, 6.45) is 1.73. The quantitative estimate of drug-likeness (QED) is 0.501. The number of carbonyl (C=O) groups is 2. The second-order valence-electron chi connectivity index (χ2n) is 4.93. The number of esters is 1. The number of methoxy groups -OCH3 is 2. The Morgan fingerprint density at radius 3 is 2.29 bits per heavy atom. The molecule has 124 valence electrons. The van der Waals surface area contributed by atoms with Gasteiger partial charge in [-0.05, 0) is 35.4 Å². The summed E-state index contributed by atoms with van der Waals surface area (Å²) in [7, 11) is 2.92. The summed E-state index contributed by atoms with van der Waals surface area (Å²) in [5.41, 5.74) is 4.54. The molecule has 2 rings (SSSR count). The van der Waals surface area contributed by atoms with Gasteiger partial charge in [0.15, 0.2) is 0 Å². The second-order valence-corrected chi connectivity index (χ2v) is 4.93. The zero-order valence-electron chi connectivity index (χ0n) is 13.5. The van der Waals surface area contributed by atoms with Crippen LogP contribution in [0.1, 0.15) is 21.5 Å². The van der Waals surface area contributed by atoms with Gasteiger partial charge < -0.3 is 9.47 Å². The van der Waals surface area contributed by atoms with Crippen LogP contribution in [-0.4, -0.2) is 32.3 Å². The number of ether oxygens (including phenoxy) is 2. The Balaban J connectivity index is 1.86. The molecule has 2 aromatic carbocycles. The van der Waals surface area contributed by atoms with E-state index in [1.165, 1.54) is 13.3 Å². The van der Waals surface area contributed by atoms with Crippen molar-refractivity contribution in [3.8, 4) is 5.75 Å². The maximum absolute atomic E-state index is 11.8. The fourth-order valence-corrected chi connectivity index (χ4v) is 1.97. The topological polar surface area (TPSA) is 77.0 Å². The highest BCUT2D eigenvalue weighted by molar-refractivity contribution is 5.90. The number of hydrogen-bond donors (Lipinski definition) is 1. The molecule has 0 saturated heterocycles. The van der Waals surface area contributed by atoms with Crippen LogP contribution in [0.3, 0.4) is 0 Å². The molecule has 24 heavy (non-hydrogen) atoms. The van der Waals surface area contributed by atoms with Gasteiger partial charge in [0, 0.05) is 0 Å². The van der Waals surface area contributed by atoms with Crippen LogP contribution in [-0.2, 0) is 16.0 Å². The van der Waals surface area contributed by atoms with Gasteiger partial charge in [-0.2, -0.15) is 5.10 Å². The second kappa shape index (κ2) is 8.47. The summed E-state index contributed by atoms with van der Waals surface area (Å²) >= 11 is 0. The fraction of sp³-hybridized carbons (Fsp3) is 0.167. The first-order valence-electron chi connectivity index (χ1n) is 7.25. The number of amides is 1. The Bertz CT molecular complexity index is 722. The van der Waals surface area contributed by atoms with Crippen molar-refractivity contribution >= 4 is 18.1 Å². The minimum Gasteiger partial charge on any atom is -0.497 e. The third-order valence-corrected chi connectivity index (χ3v) is 3.26. The Morgan fingerprint density at radius 2 is 1.71 bits per heavy atom. The van der Waals surface area contributed by atoms with E-state index in [0.29, 0.717) is 5.56 Å². The number of nitrogens with zero attached hydrogens (tertiary/aromatic N) is 1. The van der Waals surface area contributed by atoms with Crippen molar-refractivity contribution in [1.29, 1.82) is 0 Å². The zero-order valence-corrected chi connectivity index (χ0v) is 13.5. The summed E-state index contributed by atoms with van der Waals surface area (Å²) in [5.74, 6) is 0.126. The van der Waals surface area contributed by atoms with Crippen LogP contribution in [0.2, 0.25) is 0 Å². The highest BCUT2D eigenvalue weighted by Crippen LogP contribution is 2.11. The summed E-state index contributed by atoms with van der Waals surface area (Å²) in [4.78, 5) is 23.1. The molecule has 6 heteroatoms. The maximum Gasteiger partial charge on any atom is 0.337 e. The van der Waals surface area contributed by atoms with E-state index in [9.17, 15) is 9.59 Å². The minimum absolute atomic E-state index is 0.220. The molecule has 0 bridgehead atoms. The van der Waals surface area contributed by atoms with Gasteiger partial charge in [-0.3, -0.25) is 4.79 Å². The molecule has 0 aliphatic rings. The normalized spacial score (nSPS) is 10.4. The number of benzene rings is 2. The first-order valence-corrected chi connectivity index (χ1v) is 7.25. The van der Waals surface area contributed by atoms with Gasteiger partial charge in [-0.1, -0.05) is 24.3 Å². The highest BCUT2D eigenvalue weighted by Gasteiger charge is 2.04. The van der Waals surface area contributed by atoms with Gasteiger partial charge in [0.25, 0.3) is 0 Å². The molecule has 2 aromatic rings. The van der Waals surface area contributed by atoms with Gasteiger partial charge >= 0.3 is 5.97 Å². The van der Waals surface area contributed by atoms with Crippen molar-refractivity contribution in [2.75, 3.05) is 14.2 Å². The van der Waals surface area contributed by atoms with Crippen molar-refractivity contribution in [2.45, 2.75) is 6.42 Å². The van der Waals surface area contributed by atoms with Gasteiger partial charge in [0.2, 0.25) is 5.91 Å². The van der Waals surface area contributed by atoms with Crippen LogP contribution >= 0.6 is 0 Å². The van der Waals surface area contributed by atoms with Crippen molar-refractivity contribution < 1.29 is 19.1 Å². The van der Waals surface area contributed by atoms with Crippen LogP contribution < -0.4 is 10.2 Å². The first-order chi connectivity index (χ1) is 11.6. The highest BCUT2D eigenvalue weighted by atomic mass is 16.5. The van der Waals surface area contributed by atoms with Gasteiger partial charge in [-0.15, -0.1) is 0 Å². The van der Waals surface area contributed by atoms with Crippen LogP contribution in [0.4, 0.5) is 0 Å². The molecule has 0 aromatic heterocycles. The lowest BCUT2D eigenvalue weighted by Gasteiger charge is -2.03. The summed E-state index contributed by atoms with van der Waals surface area (Å²) in [6, 6.07) is 13.9. The summed E-state index contributed by atoms with van der Waals surface area (Å²) < 4.78 is 9.69. The van der Waals surface area contributed by atoms with Gasteiger partial charge in [0.05, 0.1) is 32.4 Å². The molecular weight excluding hydrogens is 308 g/mol.